The van der Waals surface area contributed by atoms with Gasteiger partial charge in [0.25, 0.3) is 0 Å². The highest BCUT2D eigenvalue weighted by Crippen LogP contribution is 2.30. The van der Waals surface area contributed by atoms with Gasteiger partial charge in [0.1, 0.15) is 11.4 Å². The Morgan fingerprint density at radius 2 is 1.84 bits per heavy atom. The molecule has 154 valence electrons. The van der Waals surface area contributed by atoms with Crippen molar-refractivity contribution in [3.8, 4) is 11.8 Å². The Bertz CT molecular complexity index is 1220. The zero-order chi connectivity index (χ0) is 21.6. The Balaban J connectivity index is 1.60. The minimum absolute atomic E-state index is 0.0753. The average molecular weight is 429 g/mol. The molecular formula is C23H20N6OS. The quantitative estimate of drug-likeness (QED) is 0.323. The third-order valence-electron chi connectivity index (χ3n) is 4.75. The van der Waals surface area contributed by atoms with E-state index in [1.54, 1.807) is 15.8 Å². The van der Waals surface area contributed by atoms with Crippen molar-refractivity contribution in [3.05, 3.63) is 73.2 Å². The topological polar surface area (TPSA) is 87.7 Å². The zero-order valence-corrected chi connectivity index (χ0v) is 17.7. The van der Waals surface area contributed by atoms with Crippen LogP contribution in [-0.2, 0) is 4.79 Å². The summed E-state index contributed by atoms with van der Waals surface area (Å²) in [5, 5.41) is 14.6. The second-order valence-corrected chi connectivity index (χ2v) is 8.13. The maximum Gasteiger partial charge on any atom is 0.240 e. The Hall–Kier alpha value is -3.70. The van der Waals surface area contributed by atoms with Gasteiger partial charge in [-0.1, -0.05) is 48.2 Å². The normalized spacial score (nSPS) is 11.7. The van der Waals surface area contributed by atoms with Crippen LogP contribution in [-0.4, -0.2) is 37.5 Å². The largest absolute Gasteiger partial charge is 0.310 e. The van der Waals surface area contributed by atoms with Crippen LogP contribution in [0.3, 0.4) is 0 Å². The fourth-order valence-corrected chi connectivity index (χ4v) is 4.19. The molecule has 0 N–H and O–H groups in total. The molecule has 0 saturated heterocycles. The van der Waals surface area contributed by atoms with Gasteiger partial charge in [-0.25, -0.2) is 14.6 Å². The summed E-state index contributed by atoms with van der Waals surface area (Å²) in [5.41, 5.74) is 2.37. The zero-order valence-electron chi connectivity index (χ0n) is 16.9. The van der Waals surface area contributed by atoms with Crippen molar-refractivity contribution in [2.24, 2.45) is 0 Å². The molecule has 0 spiro atoms. The highest BCUT2D eigenvalue weighted by Gasteiger charge is 2.24. The maximum absolute atomic E-state index is 13.2. The maximum atomic E-state index is 13.2. The Morgan fingerprint density at radius 3 is 2.55 bits per heavy atom. The first-order valence-corrected chi connectivity index (χ1v) is 10.7. The van der Waals surface area contributed by atoms with Crippen molar-refractivity contribution >= 4 is 34.4 Å². The van der Waals surface area contributed by atoms with Gasteiger partial charge in [-0.05, 0) is 31.2 Å². The molecule has 4 aromatic rings. The summed E-state index contributed by atoms with van der Waals surface area (Å²) in [6.07, 6.45) is 3.49. The van der Waals surface area contributed by atoms with Gasteiger partial charge in [-0.3, -0.25) is 4.79 Å². The number of rotatable bonds is 7. The van der Waals surface area contributed by atoms with Gasteiger partial charge >= 0.3 is 0 Å². The Kier molecular flexibility index (Phi) is 6.24. The first-order chi connectivity index (χ1) is 15.2. The van der Waals surface area contributed by atoms with Gasteiger partial charge in [0.15, 0.2) is 5.65 Å². The van der Waals surface area contributed by atoms with E-state index in [1.165, 1.54) is 18.1 Å². The number of aromatic nitrogens is 4. The lowest BCUT2D eigenvalue weighted by atomic mass is 10.2. The Labute approximate surface area is 184 Å². The van der Waals surface area contributed by atoms with E-state index < -0.39 is 5.25 Å². The van der Waals surface area contributed by atoms with Crippen molar-refractivity contribution in [2.75, 3.05) is 11.4 Å². The third kappa shape index (κ3) is 4.42. The lowest BCUT2D eigenvalue weighted by molar-refractivity contribution is -0.117. The molecule has 0 bridgehead atoms. The van der Waals surface area contributed by atoms with E-state index in [9.17, 15) is 4.79 Å². The molecule has 0 aliphatic heterocycles. The summed E-state index contributed by atoms with van der Waals surface area (Å²) in [7, 11) is 0. The number of para-hydroxylation sites is 2. The summed E-state index contributed by atoms with van der Waals surface area (Å²) in [4.78, 5) is 23.7. The summed E-state index contributed by atoms with van der Waals surface area (Å²) in [5.74, 6) is -0.0753. The number of benzene rings is 2. The number of nitrogens with zero attached hydrogens (tertiary/aromatic N) is 6. The van der Waals surface area contributed by atoms with Crippen molar-refractivity contribution < 1.29 is 4.79 Å². The number of anilines is 1. The first-order valence-electron chi connectivity index (χ1n) is 9.83. The van der Waals surface area contributed by atoms with E-state index in [0.29, 0.717) is 17.2 Å². The molecule has 7 nitrogen and oxygen atoms in total. The molecule has 31 heavy (non-hydrogen) atoms. The van der Waals surface area contributed by atoms with Gasteiger partial charge in [0.05, 0.1) is 35.0 Å². The smallest absolute Gasteiger partial charge is 0.240 e. The molecule has 0 saturated carbocycles. The van der Waals surface area contributed by atoms with E-state index in [0.717, 1.165) is 16.8 Å². The van der Waals surface area contributed by atoms with Crippen molar-refractivity contribution in [1.82, 2.24) is 19.7 Å². The lowest BCUT2D eigenvalue weighted by Gasteiger charge is -2.24. The number of carbonyl (C=O) groups excluding carboxylic acids is 1. The second kappa shape index (κ2) is 9.41. The highest BCUT2D eigenvalue weighted by molar-refractivity contribution is 8.00. The minimum atomic E-state index is -0.405. The molecule has 0 radical (unpaired) electrons. The SMILES string of the molecule is CC(Sc1ncnc2c1cnn2-c1ccccc1)C(=O)N(CCC#N)c1ccccc1. The molecule has 8 heteroatoms. The lowest BCUT2D eigenvalue weighted by Crippen LogP contribution is -2.37. The number of carbonyl (C=O) groups is 1. The van der Waals surface area contributed by atoms with Crippen LogP contribution in [0.1, 0.15) is 13.3 Å². The molecule has 2 aromatic heterocycles. The van der Waals surface area contributed by atoms with Crippen molar-refractivity contribution in [3.63, 3.8) is 0 Å². The summed E-state index contributed by atoms with van der Waals surface area (Å²) >= 11 is 1.37. The number of nitriles is 1. The summed E-state index contributed by atoms with van der Waals surface area (Å²) in [6.45, 7) is 2.19. The molecular weight excluding hydrogens is 408 g/mol. The monoisotopic (exact) mass is 428 g/mol. The molecule has 2 heterocycles. The van der Waals surface area contributed by atoms with Crippen LogP contribution in [0.4, 0.5) is 5.69 Å². The van der Waals surface area contributed by atoms with E-state index in [2.05, 4.69) is 21.1 Å². The fraction of sp³-hybridized carbons (Fsp3) is 0.174. The van der Waals surface area contributed by atoms with E-state index >= 15 is 0 Å². The summed E-state index contributed by atoms with van der Waals surface area (Å²) in [6, 6.07) is 21.3. The highest BCUT2D eigenvalue weighted by atomic mass is 32.2. The van der Waals surface area contributed by atoms with Gasteiger partial charge in [0, 0.05) is 12.2 Å². The fourth-order valence-electron chi connectivity index (χ4n) is 3.25. The molecule has 0 aliphatic carbocycles. The molecule has 1 amide bonds. The number of hydrogen-bond acceptors (Lipinski definition) is 6. The van der Waals surface area contributed by atoms with Crippen LogP contribution < -0.4 is 4.90 Å². The van der Waals surface area contributed by atoms with Gasteiger partial charge in [0.2, 0.25) is 5.91 Å². The predicted octanol–water partition coefficient (Wildman–Crippen LogP) is 4.24. The molecule has 4 rings (SSSR count). The molecule has 0 fully saturated rings. The van der Waals surface area contributed by atoms with Crippen LogP contribution in [0.2, 0.25) is 0 Å². The van der Waals surface area contributed by atoms with Crippen LogP contribution in [0.15, 0.2) is 78.2 Å². The third-order valence-corrected chi connectivity index (χ3v) is 5.85. The molecule has 0 aliphatic rings. The number of hydrogen-bond donors (Lipinski definition) is 0. The Morgan fingerprint density at radius 1 is 1.13 bits per heavy atom. The average Bonchev–Trinajstić information content (AvgIpc) is 3.26. The van der Waals surface area contributed by atoms with Crippen LogP contribution in [0, 0.1) is 11.3 Å². The van der Waals surface area contributed by atoms with Crippen LogP contribution in [0.5, 0.6) is 0 Å². The molecule has 1 atom stereocenters. The number of amides is 1. The summed E-state index contributed by atoms with van der Waals surface area (Å²) < 4.78 is 1.76. The second-order valence-electron chi connectivity index (χ2n) is 6.80. The van der Waals surface area contributed by atoms with Crippen LogP contribution >= 0.6 is 11.8 Å². The molecule has 2 aromatic carbocycles. The number of thioether (sulfide) groups is 1. The standard InChI is InChI=1S/C23H20N6OS/c1-17(23(30)28(14-8-13-24)18-9-4-2-5-10-18)31-22-20-15-27-29(21(20)25-16-26-22)19-11-6-3-7-12-19/h2-7,9-12,15-17H,8,14H2,1H3. The predicted molar refractivity (Wildman–Crippen MR) is 121 cm³/mol. The molecule has 1 unspecified atom stereocenters. The van der Waals surface area contributed by atoms with E-state index in [4.69, 9.17) is 5.26 Å². The first kappa shape index (κ1) is 20.6. The van der Waals surface area contributed by atoms with Gasteiger partial charge in [-0.2, -0.15) is 10.4 Å². The van der Waals surface area contributed by atoms with Gasteiger partial charge in [-0.15, -0.1) is 0 Å². The number of fused-ring (bicyclic) bond motifs is 1. The van der Waals surface area contributed by atoms with Crippen molar-refractivity contribution in [1.29, 1.82) is 5.26 Å². The van der Waals surface area contributed by atoms with Crippen molar-refractivity contribution in [2.45, 2.75) is 23.6 Å². The van der Waals surface area contributed by atoms with E-state index in [-0.39, 0.29) is 12.3 Å². The van der Waals surface area contributed by atoms with E-state index in [1.807, 2.05) is 67.6 Å². The minimum Gasteiger partial charge on any atom is -0.310 e. The van der Waals surface area contributed by atoms with Crippen LogP contribution in [0.25, 0.3) is 16.7 Å². The van der Waals surface area contributed by atoms with Gasteiger partial charge < -0.3 is 4.90 Å².